The van der Waals surface area contributed by atoms with Crippen molar-refractivity contribution >= 4 is 11.6 Å². The van der Waals surface area contributed by atoms with Crippen molar-refractivity contribution in [3.8, 4) is 11.5 Å². The van der Waals surface area contributed by atoms with Crippen LogP contribution >= 0.6 is 0 Å². The lowest BCUT2D eigenvalue weighted by Gasteiger charge is -2.20. The highest BCUT2D eigenvalue weighted by Gasteiger charge is 2.35. The molecule has 0 bridgehead atoms. The summed E-state index contributed by atoms with van der Waals surface area (Å²) in [6, 6.07) is 5.36. The molecule has 1 aliphatic heterocycles. The molecule has 0 N–H and O–H groups in total. The van der Waals surface area contributed by atoms with Gasteiger partial charge in [0.2, 0.25) is 12.3 Å². The largest absolute Gasteiger partial charge is 0.497 e. The molecule has 0 radical (unpaired) electrons. The Morgan fingerprint density at radius 2 is 2.19 bits per heavy atom. The molecular weight excluding hydrogens is 274 g/mol. The number of benzene rings is 1. The third-order valence-corrected chi connectivity index (χ3v) is 3.55. The molecule has 7 heteroatoms. The molecule has 0 aliphatic carbocycles. The summed E-state index contributed by atoms with van der Waals surface area (Å²) < 4.78 is 15.3. The lowest BCUT2D eigenvalue weighted by Crippen LogP contribution is -2.25. The predicted octanol–water partition coefficient (Wildman–Crippen LogP) is 1.61. The van der Waals surface area contributed by atoms with Crippen LogP contribution in [0.15, 0.2) is 29.1 Å². The Bertz CT molecular complexity index is 642. The highest BCUT2D eigenvalue weighted by atomic mass is 16.5. The van der Waals surface area contributed by atoms with Gasteiger partial charge in [-0.15, -0.1) is 0 Å². The molecule has 1 aliphatic rings. The quantitative estimate of drug-likeness (QED) is 0.851. The van der Waals surface area contributed by atoms with Crippen LogP contribution in [0.25, 0.3) is 0 Å². The van der Waals surface area contributed by atoms with Crippen LogP contribution in [0.4, 0.5) is 5.69 Å². The molecule has 2 heterocycles. The third-order valence-electron chi connectivity index (χ3n) is 3.55. The molecule has 1 fully saturated rings. The van der Waals surface area contributed by atoms with Crippen molar-refractivity contribution in [1.82, 2.24) is 10.1 Å². The van der Waals surface area contributed by atoms with E-state index >= 15 is 0 Å². The first kappa shape index (κ1) is 13.4. The van der Waals surface area contributed by atoms with E-state index < -0.39 is 0 Å². The van der Waals surface area contributed by atoms with Crippen LogP contribution in [0.2, 0.25) is 0 Å². The minimum Gasteiger partial charge on any atom is -0.497 e. The molecule has 1 atom stereocenters. The molecule has 1 saturated heterocycles. The van der Waals surface area contributed by atoms with Crippen LogP contribution in [0, 0.1) is 0 Å². The minimum absolute atomic E-state index is 0.00338. The maximum Gasteiger partial charge on any atom is 0.227 e. The Hall–Kier alpha value is -2.57. The number of carbonyl (C=O) groups is 1. The van der Waals surface area contributed by atoms with Crippen molar-refractivity contribution in [1.29, 1.82) is 0 Å². The van der Waals surface area contributed by atoms with Gasteiger partial charge < -0.3 is 18.9 Å². The summed E-state index contributed by atoms with van der Waals surface area (Å²) in [6.07, 6.45) is 1.62. The smallest absolute Gasteiger partial charge is 0.227 e. The van der Waals surface area contributed by atoms with E-state index in [2.05, 4.69) is 10.1 Å². The second-order valence-electron chi connectivity index (χ2n) is 4.73. The predicted molar refractivity (Wildman–Crippen MR) is 73.6 cm³/mol. The summed E-state index contributed by atoms with van der Waals surface area (Å²) in [7, 11) is 3.15. The molecule has 3 rings (SSSR count). The van der Waals surface area contributed by atoms with E-state index in [1.807, 2.05) is 0 Å². The van der Waals surface area contributed by atoms with Gasteiger partial charge in [0, 0.05) is 24.9 Å². The fourth-order valence-electron chi connectivity index (χ4n) is 2.48. The number of methoxy groups -OCH3 is 2. The summed E-state index contributed by atoms with van der Waals surface area (Å²) in [6.45, 7) is 0.488. The van der Waals surface area contributed by atoms with Gasteiger partial charge in [0.25, 0.3) is 0 Å². The van der Waals surface area contributed by atoms with E-state index in [1.165, 1.54) is 6.39 Å². The number of rotatable bonds is 4. The topological polar surface area (TPSA) is 77.7 Å². The van der Waals surface area contributed by atoms with Crippen LogP contribution in [-0.2, 0) is 4.79 Å². The molecule has 1 amide bonds. The van der Waals surface area contributed by atoms with E-state index in [0.29, 0.717) is 36.0 Å². The summed E-state index contributed by atoms with van der Waals surface area (Å²) >= 11 is 0. The summed E-state index contributed by atoms with van der Waals surface area (Å²) in [5.41, 5.74) is 0.688. The molecule has 1 unspecified atom stereocenters. The standard InChI is InChI=1S/C14H15N3O4/c1-19-10-3-4-12(20-2)11(6-10)17-7-9(5-13(17)18)14-15-8-21-16-14/h3-4,6,8-9H,5,7H2,1-2H3. The Morgan fingerprint density at radius 1 is 1.33 bits per heavy atom. The van der Waals surface area contributed by atoms with Gasteiger partial charge in [0.05, 0.1) is 19.9 Å². The van der Waals surface area contributed by atoms with Gasteiger partial charge in [-0.25, -0.2) is 0 Å². The minimum atomic E-state index is -0.0767. The number of amides is 1. The van der Waals surface area contributed by atoms with Crippen molar-refractivity contribution < 1.29 is 18.8 Å². The van der Waals surface area contributed by atoms with Crippen molar-refractivity contribution in [2.75, 3.05) is 25.7 Å². The number of anilines is 1. The second kappa shape index (κ2) is 5.43. The molecule has 1 aromatic heterocycles. The highest BCUT2D eigenvalue weighted by Crippen LogP contribution is 2.37. The summed E-state index contributed by atoms with van der Waals surface area (Å²) in [5, 5.41) is 3.82. The Morgan fingerprint density at radius 3 is 2.86 bits per heavy atom. The fourth-order valence-corrected chi connectivity index (χ4v) is 2.48. The molecule has 0 spiro atoms. The van der Waals surface area contributed by atoms with E-state index in [0.717, 1.165) is 0 Å². The van der Waals surface area contributed by atoms with Crippen molar-refractivity contribution in [2.45, 2.75) is 12.3 Å². The lowest BCUT2D eigenvalue weighted by atomic mass is 10.1. The number of aromatic nitrogens is 2. The zero-order valence-electron chi connectivity index (χ0n) is 11.8. The molecule has 0 saturated carbocycles. The number of carbonyl (C=O) groups excluding carboxylic acids is 1. The summed E-state index contributed by atoms with van der Waals surface area (Å²) in [5.74, 6) is 1.76. The van der Waals surface area contributed by atoms with Crippen LogP contribution < -0.4 is 14.4 Å². The van der Waals surface area contributed by atoms with Crippen molar-refractivity contribution in [3.05, 3.63) is 30.4 Å². The first-order valence-corrected chi connectivity index (χ1v) is 6.51. The first-order valence-electron chi connectivity index (χ1n) is 6.51. The summed E-state index contributed by atoms with van der Waals surface area (Å²) in [4.78, 5) is 18.0. The van der Waals surface area contributed by atoms with Gasteiger partial charge >= 0.3 is 0 Å². The monoisotopic (exact) mass is 289 g/mol. The maximum absolute atomic E-state index is 12.3. The van der Waals surface area contributed by atoms with E-state index in [1.54, 1.807) is 37.3 Å². The number of nitrogens with zero attached hydrogens (tertiary/aromatic N) is 3. The second-order valence-corrected chi connectivity index (χ2v) is 4.73. The maximum atomic E-state index is 12.3. The Balaban J connectivity index is 1.91. The van der Waals surface area contributed by atoms with Gasteiger partial charge in [-0.3, -0.25) is 4.79 Å². The normalized spacial score (nSPS) is 18.1. The molecule has 110 valence electrons. The average molecular weight is 289 g/mol. The Labute approximate surface area is 121 Å². The third kappa shape index (κ3) is 2.42. The van der Waals surface area contributed by atoms with E-state index in [4.69, 9.17) is 14.0 Å². The van der Waals surface area contributed by atoms with Crippen LogP contribution in [0.1, 0.15) is 18.2 Å². The number of hydrogen-bond donors (Lipinski definition) is 0. The van der Waals surface area contributed by atoms with Gasteiger partial charge in [-0.05, 0) is 12.1 Å². The van der Waals surface area contributed by atoms with Crippen molar-refractivity contribution in [3.63, 3.8) is 0 Å². The molecule has 21 heavy (non-hydrogen) atoms. The number of ether oxygens (including phenoxy) is 2. The zero-order valence-corrected chi connectivity index (χ0v) is 11.8. The van der Waals surface area contributed by atoms with Gasteiger partial charge in [0.1, 0.15) is 11.5 Å². The van der Waals surface area contributed by atoms with Gasteiger partial charge in [-0.1, -0.05) is 5.16 Å². The van der Waals surface area contributed by atoms with Gasteiger partial charge in [-0.2, -0.15) is 4.98 Å². The van der Waals surface area contributed by atoms with E-state index in [9.17, 15) is 4.79 Å². The van der Waals surface area contributed by atoms with Gasteiger partial charge in [0.15, 0.2) is 5.82 Å². The fraction of sp³-hybridized carbons (Fsp3) is 0.357. The van der Waals surface area contributed by atoms with E-state index in [-0.39, 0.29) is 11.8 Å². The Kier molecular flexibility index (Phi) is 3.47. The van der Waals surface area contributed by atoms with Crippen LogP contribution in [0.5, 0.6) is 11.5 Å². The van der Waals surface area contributed by atoms with Crippen LogP contribution in [-0.4, -0.2) is 36.8 Å². The average Bonchev–Trinajstić information content (AvgIpc) is 3.15. The molecule has 1 aromatic carbocycles. The highest BCUT2D eigenvalue weighted by molar-refractivity contribution is 5.98. The van der Waals surface area contributed by atoms with Crippen molar-refractivity contribution in [2.24, 2.45) is 0 Å². The molecule has 2 aromatic rings. The molecular formula is C14H15N3O4. The lowest BCUT2D eigenvalue weighted by molar-refractivity contribution is -0.117. The number of hydrogen-bond acceptors (Lipinski definition) is 6. The van der Waals surface area contributed by atoms with Crippen LogP contribution in [0.3, 0.4) is 0 Å². The SMILES string of the molecule is COc1ccc(OC)c(N2CC(c3ncon3)CC2=O)c1. The molecule has 7 nitrogen and oxygen atoms in total. The first-order chi connectivity index (χ1) is 10.2. The zero-order chi connectivity index (χ0) is 14.8.